The Hall–Kier alpha value is -3.29. The van der Waals surface area contributed by atoms with Gasteiger partial charge in [0.15, 0.2) is 11.0 Å². The van der Waals surface area contributed by atoms with Crippen molar-refractivity contribution in [1.82, 2.24) is 4.98 Å². The summed E-state index contributed by atoms with van der Waals surface area (Å²) in [6.45, 7) is 2.28. The van der Waals surface area contributed by atoms with Crippen LogP contribution in [0.3, 0.4) is 0 Å². The summed E-state index contributed by atoms with van der Waals surface area (Å²) in [5.74, 6) is -0.170. The summed E-state index contributed by atoms with van der Waals surface area (Å²) in [4.78, 5) is 32.2. The summed E-state index contributed by atoms with van der Waals surface area (Å²) in [6, 6.07) is 18.8. The largest absolute Gasteiger partial charge is 0.337 e. The predicted molar refractivity (Wildman–Crippen MR) is 122 cm³/mol. The van der Waals surface area contributed by atoms with Gasteiger partial charge in [-0.15, -0.1) is 0 Å². The molecule has 1 atom stereocenters. The van der Waals surface area contributed by atoms with Gasteiger partial charge in [-0.1, -0.05) is 41.9 Å². The number of hydrogen-bond donors (Lipinski definition) is 1. The Morgan fingerprint density at radius 2 is 1.58 bits per heavy atom. The average Bonchev–Trinajstić information content (AvgIpc) is 2.81. The number of halogens is 1. The van der Waals surface area contributed by atoms with Crippen LogP contribution >= 0.6 is 11.6 Å². The lowest BCUT2D eigenvalue weighted by Crippen LogP contribution is -2.33. The number of pyridine rings is 1. The average molecular weight is 452 g/mol. The van der Waals surface area contributed by atoms with E-state index in [1.807, 2.05) is 6.92 Å². The first-order chi connectivity index (χ1) is 15.0. The number of likely N-dealkylation sites (N-methyl/N-ethyl adjacent to an activating group) is 1. The fourth-order valence-corrected chi connectivity index (χ4v) is 4.47. The number of anilines is 2. The highest BCUT2D eigenvalue weighted by molar-refractivity contribution is 7.86. The number of nitrogens with one attached hydrogen (secondary N) is 1. The van der Waals surface area contributed by atoms with Crippen molar-refractivity contribution in [2.24, 2.45) is 0 Å². The van der Waals surface area contributed by atoms with Gasteiger partial charge in [0.05, 0.1) is 4.90 Å². The highest BCUT2D eigenvalue weighted by Crippen LogP contribution is 2.33. The van der Waals surface area contributed by atoms with Crippen LogP contribution in [0, 0.1) is 0 Å². The molecule has 31 heavy (non-hydrogen) atoms. The van der Waals surface area contributed by atoms with Gasteiger partial charge in [-0.05, 0) is 43.3 Å². The van der Waals surface area contributed by atoms with E-state index in [0.717, 1.165) is 0 Å². The van der Waals surface area contributed by atoms with Gasteiger partial charge < -0.3 is 4.90 Å². The van der Waals surface area contributed by atoms with Gasteiger partial charge in [0, 0.05) is 29.6 Å². The Labute approximate surface area is 187 Å². The van der Waals surface area contributed by atoms with Crippen LogP contribution in [-0.4, -0.2) is 27.3 Å². The molecule has 0 saturated carbocycles. The van der Waals surface area contributed by atoms with Crippen molar-refractivity contribution in [1.29, 1.82) is 0 Å². The number of aromatic nitrogens is 1. The lowest BCUT2D eigenvalue weighted by molar-refractivity contribution is 0.0978. The minimum atomic E-state index is -1.50. The zero-order chi connectivity index (χ0) is 22.0. The van der Waals surface area contributed by atoms with E-state index in [-0.39, 0.29) is 22.3 Å². The molecule has 0 saturated heterocycles. The molecule has 3 aromatic rings. The predicted octanol–water partition coefficient (Wildman–Crippen LogP) is 4.57. The molecule has 1 aromatic heterocycles. The van der Waals surface area contributed by atoms with E-state index in [1.165, 1.54) is 0 Å². The number of benzene rings is 2. The second-order valence-electron chi connectivity index (χ2n) is 6.69. The second-order valence-corrected chi connectivity index (χ2v) is 8.28. The zero-order valence-corrected chi connectivity index (χ0v) is 18.1. The molecule has 6 nitrogen and oxygen atoms in total. The van der Waals surface area contributed by atoms with E-state index in [4.69, 9.17) is 11.6 Å². The third-order valence-electron chi connectivity index (χ3n) is 4.85. The third-order valence-corrected chi connectivity index (χ3v) is 6.29. The standard InChI is InChI=1S/C23H18ClN3O3S/c1-2-27(21-20(24)22(28)17-7-3-4-8-18(17)23(21)29)15-10-12-16(13-11-15)31(30)26-19-9-5-6-14-25-19/h3-14H,2H2,1H3,(H,25,26). The summed E-state index contributed by atoms with van der Waals surface area (Å²) in [6.07, 6.45) is 1.61. The molecule has 1 aliphatic rings. The number of allylic oxidation sites excluding steroid dienone is 2. The van der Waals surface area contributed by atoms with Crippen LogP contribution in [0.5, 0.6) is 0 Å². The second kappa shape index (κ2) is 8.83. The Kier molecular flexibility index (Phi) is 5.97. The van der Waals surface area contributed by atoms with Crippen LogP contribution in [0.2, 0.25) is 0 Å². The number of carbonyl (C=O) groups is 2. The summed E-state index contributed by atoms with van der Waals surface area (Å²) in [7, 11) is -1.50. The van der Waals surface area contributed by atoms with Crippen molar-refractivity contribution in [3.05, 3.63) is 94.8 Å². The zero-order valence-electron chi connectivity index (χ0n) is 16.5. The van der Waals surface area contributed by atoms with Gasteiger partial charge in [0.25, 0.3) is 0 Å². The Balaban J connectivity index is 1.63. The number of nitrogens with zero attached hydrogens (tertiary/aromatic N) is 2. The minimum Gasteiger partial charge on any atom is -0.337 e. The molecule has 0 amide bonds. The third kappa shape index (κ3) is 4.02. The van der Waals surface area contributed by atoms with Crippen LogP contribution in [0.4, 0.5) is 11.5 Å². The van der Waals surface area contributed by atoms with Crippen LogP contribution in [0.15, 0.2) is 88.6 Å². The van der Waals surface area contributed by atoms with Crippen LogP contribution in [0.1, 0.15) is 27.6 Å². The molecule has 156 valence electrons. The maximum Gasteiger partial charge on any atom is 0.211 e. The van der Waals surface area contributed by atoms with Crippen LogP contribution < -0.4 is 9.62 Å². The van der Waals surface area contributed by atoms with Gasteiger partial charge >= 0.3 is 0 Å². The highest BCUT2D eigenvalue weighted by Gasteiger charge is 2.34. The van der Waals surface area contributed by atoms with E-state index in [9.17, 15) is 13.8 Å². The maximum atomic E-state index is 13.1. The van der Waals surface area contributed by atoms with Gasteiger partial charge in [-0.25, -0.2) is 9.19 Å². The topological polar surface area (TPSA) is 79.4 Å². The Bertz CT molecular complexity index is 1210. The Morgan fingerprint density at radius 3 is 2.19 bits per heavy atom. The van der Waals surface area contributed by atoms with Crippen molar-refractivity contribution in [3.8, 4) is 0 Å². The first-order valence-electron chi connectivity index (χ1n) is 9.56. The molecule has 1 unspecified atom stereocenters. The van der Waals surface area contributed by atoms with Crippen molar-refractivity contribution < 1.29 is 13.8 Å². The number of fused-ring (bicyclic) bond motifs is 1. The van der Waals surface area contributed by atoms with Gasteiger partial charge in [-0.3, -0.25) is 14.3 Å². The molecular weight excluding hydrogens is 434 g/mol. The molecule has 4 rings (SSSR count). The monoisotopic (exact) mass is 451 g/mol. The number of Topliss-reactive ketones (excluding diaryl/α,β-unsaturated/α-hetero) is 2. The molecule has 1 aliphatic carbocycles. The van der Waals surface area contributed by atoms with E-state index in [0.29, 0.717) is 34.1 Å². The van der Waals surface area contributed by atoms with E-state index in [2.05, 4.69) is 9.71 Å². The smallest absolute Gasteiger partial charge is 0.211 e. The fourth-order valence-electron chi connectivity index (χ4n) is 3.37. The van der Waals surface area contributed by atoms with Crippen molar-refractivity contribution in [2.45, 2.75) is 11.8 Å². The van der Waals surface area contributed by atoms with Crippen molar-refractivity contribution in [3.63, 3.8) is 0 Å². The molecule has 0 spiro atoms. The molecule has 2 aromatic carbocycles. The molecule has 1 N–H and O–H groups in total. The van der Waals surface area contributed by atoms with Gasteiger partial charge in [0.1, 0.15) is 16.5 Å². The molecule has 8 heteroatoms. The molecule has 0 bridgehead atoms. The van der Waals surface area contributed by atoms with Crippen LogP contribution in [0.25, 0.3) is 0 Å². The summed E-state index contributed by atoms with van der Waals surface area (Å²) >= 11 is 6.35. The highest BCUT2D eigenvalue weighted by atomic mass is 35.5. The number of rotatable bonds is 6. The van der Waals surface area contributed by atoms with Crippen LogP contribution in [-0.2, 0) is 11.0 Å². The molecular formula is C23H18ClN3O3S. The maximum absolute atomic E-state index is 13.1. The number of carbonyl (C=O) groups excluding carboxylic acids is 2. The summed E-state index contributed by atoms with van der Waals surface area (Å²) < 4.78 is 15.4. The Morgan fingerprint density at radius 1 is 0.935 bits per heavy atom. The quantitative estimate of drug-likeness (QED) is 0.593. The lowest BCUT2D eigenvalue weighted by atomic mass is 9.91. The molecule has 0 radical (unpaired) electrons. The minimum absolute atomic E-state index is 0.102. The summed E-state index contributed by atoms with van der Waals surface area (Å²) in [5.41, 5.74) is 1.45. The summed E-state index contributed by atoms with van der Waals surface area (Å²) in [5, 5.41) is -0.102. The normalized spacial score (nSPS) is 14.3. The van der Waals surface area contributed by atoms with E-state index >= 15 is 0 Å². The molecule has 0 aliphatic heterocycles. The first-order valence-corrected chi connectivity index (χ1v) is 11.1. The van der Waals surface area contributed by atoms with E-state index in [1.54, 1.807) is 77.8 Å². The first kappa shape index (κ1) is 21.0. The van der Waals surface area contributed by atoms with Gasteiger partial charge in [-0.2, -0.15) is 0 Å². The number of ketones is 2. The van der Waals surface area contributed by atoms with Crippen molar-refractivity contribution in [2.75, 3.05) is 16.2 Å². The molecule has 1 heterocycles. The fraction of sp³-hybridized carbons (Fsp3) is 0.0870. The van der Waals surface area contributed by atoms with Crippen molar-refractivity contribution >= 4 is 45.7 Å². The number of hydrogen-bond acceptors (Lipinski definition) is 5. The lowest BCUT2D eigenvalue weighted by Gasteiger charge is -2.29. The van der Waals surface area contributed by atoms with Gasteiger partial charge in [0.2, 0.25) is 11.6 Å². The molecule has 0 fully saturated rings. The SMILES string of the molecule is CCN(C1=C(Cl)C(=O)c2ccccc2C1=O)c1ccc(S(=O)Nc2ccccn2)cc1. The van der Waals surface area contributed by atoms with E-state index < -0.39 is 11.0 Å².